The lowest BCUT2D eigenvalue weighted by Crippen LogP contribution is -2.52. The van der Waals surface area contributed by atoms with Crippen LogP contribution in [0.15, 0.2) is 24.6 Å². The van der Waals surface area contributed by atoms with Gasteiger partial charge >= 0.3 is 24.1 Å². The van der Waals surface area contributed by atoms with Gasteiger partial charge in [-0.3, -0.25) is 24.0 Å². The lowest BCUT2D eigenvalue weighted by atomic mass is 10.0. The summed E-state index contributed by atoms with van der Waals surface area (Å²) in [5.41, 5.74) is -3.48. The van der Waals surface area contributed by atoms with E-state index >= 15 is 0 Å². The molecule has 0 aromatic carbocycles. The third-order valence-electron chi connectivity index (χ3n) is 6.68. The van der Waals surface area contributed by atoms with Gasteiger partial charge in [-0.15, -0.1) is 0 Å². The molecule has 0 spiro atoms. The smallest absolute Gasteiger partial charge is 0.408 e. The topological polar surface area (TPSA) is 257 Å². The molecule has 0 unspecified atom stereocenters. The van der Waals surface area contributed by atoms with Crippen LogP contribution in [0, 0.1) is 5.92 Å². The summed E-state index contributed by atoms with van der Waals surface area (Å²) >= 11 is 0. The monoisotopic (exact) mass is 782 g/mol. The van der Waals surface area contributed by atoms with Gasteiger partial charge in [-0.2, -0.15) is 0 Å². The van der Waals surface area contributed by atoms with Gasteiger partial charge in [0.2, 0.25) is 11.8 Å². The zero-order chi connectivity index (χ0) is 42.9. The van der Waals surface area contributed by atoms with E-state index in [0.29, 0.717) is 12.8 Å². The van der Waals surface area contributed by atoms with Gasteiger partial charge in [0, 0.05) is 13.0 Å². The molecule has 0 bridgehead atoms. The highest BCUT2D eigenvalue weighted by atomic mass is 16.6. The molecule has 0 aromatic heterocycles. The fourth-order valence-electron chi connectivity index (χ4n) is 4.39. The average molecular weight is 783 g/mol. The summed E-state index contributed by atoms with van der Waals surface area (Å²) in [6, 6.07) is -3.99. The van der Waals surface area contributed by atoms with E-state index in [1.807, 2.05) is 0 Å². The second kappa shape index (κ2) is 22.3. The van der Waals surface area contributed by atoms with Gasteiger partial charge in [-0.25, -0.2) is 14.4 Å². The standard InChI is InChI=1S/C37H62N6O12/c1-21(2)20-26(32(49)50)42-29(46)23(4)40-31(48)25(17-18-27(44)53-35(5,6)7)41-28(45)22(3)39-30(47)24(43-34(52)55-37(11,12)13)16-14-15-19-38-33(51)54-36(8,9)10/h21,24-26H,3-4,14-20H2,1-2,5-13H3,(H,38,51)(H,39,47)(H,40,48)(H,41,45)(H,42,46)(H,43,52)(H,49,50)/t24-,25-,26-/m0/s1. The maximum atomic E-state index is 13.3. The minimum atomic E-state index is -1.50. The van der Waals surface area contributed by atoms with Crippen molar-refractivity contribution in [2.45, 2.75) is 150 Å². The molecule has 0 rings (SSSR count). The zero-order valence-electron chi connectivity index (χ0n) is 34.1. The van der Waals surface area contributed by atoms with Crippen molar-refractivity contribution in [3.63, 3.8) is 0 Å². The number of amides is 6. The minimum Gasteiger partial charge on any atom is -0.480 e. The number of nitrogens with one attached hydrogen (secondary N) is 6. The molecule has 0 saturated carbocycles. The fraction of sp³-hybridized carbons (Fsp3) is 0.676. The van der Waals surface area contributed by atoms with Gasteiger partial charge in [-0.1, -0.05) is 27.0 Å². The van der Waals surface area contributed by atoms with Crippen molar-refractivity contribution in [1.82, 2.24) is 31.9 Å². The second-order valence-electron chi connectivity index (χ2n) is 16.2. The Morgan fingerprint density at radius 2 is 1.04 bits per heavy atom. The molecule has 18 heteroatoms. The van der Waals surface area contributed by atoms with Crippen molar-refractivity contribution in [1.29, 1.82) is 0 Å². The Balaban J connectivity index is 5.87. The Kier molecular flexibility index (Phi) is 20.2. The number of hydrogen-bond acceptors (Lipinski definition) is 11. The highest BCUT2D eigenvalue weighted by Crippen LogP contribution is 2.13. The van der Waals surface area contributed by atoms with Crippen molar-refractivity contribution in [3.8, 4) is 0 Å². The lowest BCUT2D eigenvalue weighted by Gasteiger charge is -2.24. The molecule has 7 N–H and O–H groups in total. The van der Waals surface area contributed by atoms with Crippen molar-refractivity contribution < 1.29 is 57.7 Å². The molecule has 0 aliphatic rings. The molecule has 312 valence electrons. The van der Waals surface area contributed by atoms with Crippen LogP contribution in [0.1, 0.15) is 115 Å². The fourth-order valence-corrected chi connectivity index (χ4v) is 4.39. The van der Waals surface area contributed by atoms with Crippen molar-refractivity contribution in [3.05, 3.63) is 24.6 Å². The van der Waals surface area contributed by atoms with E-state index in [-0.39, 0.29) is 38.1 Å². The molecule has 0 aromatic rings. The number of rotatable bonds is 20. The molecule has 6 amide bonds. The Labute approximate surface area is 323 Å². The van der Waals surface area contributed by atoms with Crippen LogP contribution in [-0.2, 0) is 43.0 Å². The van der Waals surface area contributed by atoms with Crippen LogP contribution in [-0.4, -0.2) is 94.3 Å². The third kappa shape index (κ3) is 24.0. The summed E-state index contributed by atoms with van der Waals surface area (Å²) in [6.45, 7) is 25.8. The number of hydrogen-bond donors (Lipinski definition) is 7. The molecule has 0 heterocycles. The Bertz CT molecular complexity index is 1420. The van der Waals surface area contributed by atoms with E-state index in [1.165, 1.54) is 0 Å². The van der Waals surface area contributed by atoms with Crippen LogP contribution in [0.5, 0.6) is 0 Å². The molecule has 0 saturated heterocycles. The number of unbranched alkanes of at least 4 members (excludes halogenated alkanes) is 1. The van der Waals surface area contributed by atoms with Gasteiger partial charge in [0.1, 0.15) is 34.9 Å². The third-order valence-corrected chi connectivity index (χ3v) is 6.68. The minimum absolute atomic E-state index is 0.0565. The molecule has 3 atom stereocenters. The summed E-state index contributed by atoms with van der Waals surface area (Å²) in [6.07, 6.45) is -1.32. The number of aliphatic carboxylic acids is 1. The quantitative estimate of drug-likeness (QED) is 0.0407. The number of carbonyl (C=O) groups is 8. The predicted octanol–water partition coefficient (Wildman–Crippen LogP) is 3.06. The van der Waals surface area contributed by atoms with Crippen LogP contribution >= 0.6 is 0 Å². The van der Waals surface area contributed by atoms with E-state index in [1.54, 1.807) is 76.2 Å². The van der Waals surface area contributed by atoms with Crippen molar-refractivity contribution in [2.75, 3.05) is 6.54 Å². The van der Waals surface area contributed by atoms with Gasteiger partial charge in [0.25, 0.3) is 11.8 Å². The Morgan fingerprint density at radius 3 is 1.47 bits per heavy atom. The van der Waals surface area contributed by atoms with Crippen LogP contribution in [0.4, 0.5) is 9.59 Å². The molecular formula is C37H62N6O12. The lowest BCUT2D eigenvalue weighted by molar-refractivity contribution is -0.155. The van der Waals surface area contributed by atoms with Gasteiger partial charge in [0.05, 0.1) is 11.4 Å². The molecule has 0 radical (unpaired) electrons. The Hall–Kier alpha value is -5.16. The SMILES string of the molecule is C=C(NC(=O)[C@H](CCC(=O)OC(C)(C)C)NC(=O)C(=C)NC(=O)[C@H](CCCCNC(=O)OC(C)(C)C)NC(=O)OC(C)(C)C)C(=O)N[C@@H](CC(C)C)C(=O)O. The number of carboxylic acid groups (broad SMARTS) is 1. The highest BCUT2D eigenvalue weighted by molar-refractivity contribution is 6.03. The number of carbonyl (C=O) groups excluding carboxylic acids is 7. The summed E-state index contributed by atoms with van der Waals surface area (Å²) in [5.74, 6) is -5.94. The van der Waals surface area contributed by atoms with Crippen molar-refractivity contribution in [2.24, 2.45) is 5.92 Å². The van der Waals surface area contributed by atoms with Crippen LogP contribution in [0.2, 0.25) is 0 Å². The summed E-state index contributed by atoms with van der Waals surface area (Å²) < 4.78 is 15.8. The van der Waals surface area contributed by atoms with E-state index in [2.05, 4.69) is 45.1 Å². The van der Waals surface area contributed by atoms with Crippen LogP contribution < -0.4 is 31.9 Å². The average Bonchev–Trinajstić information content (AvgIpc) is 2.98. The first kappa shape index (κ1) is 49.8. The number of esters is 1. The van der Waals surface area contributed by atoms with E-state index < -0.39 is 94.1 Å². The molecule has 0 aliphatic heterocycles. The number of ether oxygens (including phenoxy) is 3. The molecule has 0 aliphatic carbocycles. The molecule has 0 fully saturated rings. The predicted molar refractivity (Wildman–Crippen MR) is 202 cm³/mol. The summed E-state index contributed by atoms with van der Waals surface area (Å²) in [5, 5.41) is 23.7. The summed E-state index contributed by atoms with van der Waals surface area (Å²) in [4.78, 5) is 101. The van der Waals surface area contributed by atoms with Crippen LogP contribution in [0.25, 0.3) is 0 Å². The second-order valence-corrected chi connectivity index (χ2v) is 16.2. The van der Waals surface area contributed by atoms with Gasteiger partial charge in [-0.05, 0) is 100 Å². The molecule has 18 nitrogen and oxygen atoms in total. The van der Waals surface area contributed by atoms with E-state index in [4.69, 9.17) is 14.2 Å². The molecular weight excluding hydrogens is 720 g/mol. The largest absolute Gasteiger partial charge is 0.480 e. The Morgan fingerprint density at radius 1 is 0.600 bits per heavy atom. The number of alkyl carbamates (subject to hydrolysis) is 2. The van der Waals surface area contributed by atoms with E-state index in [9.17, 15) is 43.5 Å². The molecule has 55 heavy (non-hydrogen) atoms. The first-order valence-electron chi connectivity index (χ1n) is 18.0. The van der Waals surface area contributed by atoms with Gasteiger partial charge < -0.3 is 51.2 Å². The van der Waals surface area contributed by atoms with Crippen LogP contribution in [0.3, 0.4) is 0 Å². The van der Waals surface area contributed by atoms with E-state index in [0.717, 1.165) is 0 Å². The normalized spacial score (nSPS) is 13.2. The van der Waals surface area contributed by atoms with Crippen molar-refractivity contribution >= 4 is 47.8 Å². The highest BCUT2D eigenvalue weighted by Gasteiger charge is 2.30. The maximum absolute atomic E-state index is 13.3. The maximum Gasteiger partial charge on any atom is 0.408 e. The van der Waals surface area contributed by atoms with Gasteiger partial charge in [0.15, 0.2) is 0 Å². The summed E-state index contributed by atoms with van der Waals surface area (Å²) in [7, 11) is 0. The first-order chi connectivity index (χ1) is 25.0. The number of carboxylic acids is 1. The first-order valence-corrected chi connectivity index (χ1v) is 18.0. The zero-order valence-corrected chi connectivity index (χ0v) is 34.1.